The van der Waals surface area contributed by atoms with Gasteiger partial charge in [0.05, 0.1) is 0 Å². The van der Waals surface area contributed by atoms with E-state index >= 15 is 0 Å². The van der Waals surface area contributed by atoms with Crippen molar-refractivity contribution in [2.45, 2.75) is 38.1 Å². The Morgan fingerprint density at radius 2 is 1.67 bits per heavy atom. The third kappa shape index (κ3) is 2.43. The highest BCUT2D eigenvalue weighted by Crippen LogP contribution is 2.29. The molecular formula is C11H19BN2O. The predicted octanol–water partition coefficient (Wildman–Crippen LogP) is 0.589. The first-order valence-corrected chi connectivity index (χ1v) is 5.87. The molecule has 0 bridgehead atoms. The van der Waals surface area contributed by atoms with Crippen molar-refractivity contribution < 1.29 is 4.79 Å². The Bertz CT molecular complexity index is 239. The van der Waals surface area contributed by atoms with E-state index in [1.54, 1.807) is 0 Å². The van der Waals surface area contributed by atoms with Crippen molar-refractivity contribution in [3.8, 4) is 0 Å². The van der Waals surface area contributed by atoms with Gasteiger partial charge in [-0.05, 0) is 32.9 Å². The van der Waals surface area contributed by atoms with Crippen LogP contribution >= 0.6 is 0 Å². The molecule has 0 amide bonds. The van der Waals surface area contributed by atoms with E-state index in [4.69, 9.17) is 7.98 Å². The molecule has 2 aliphatic rings. The molecule has 0 aliphatic carbocycles. The predicted molar refractivity (Wildman–Crippen MR) is 60.8 cm³/mol. The van der Waals surface area contributed by atoms with Crippen LogP contribution in [0.1, 0.15) is 32.6 Å². The maximum absolute atomic E-state index is 11.2. The standard InChI is InChI=1S/C11H19BN2O/c1-11(4-8-14(12)9-5-11)13-6-2-10(15)3-7-13/h2-9H2,1H3. The first-order valence-electron chi connectivity index (χ1n) is 5.87. The van der Waals surface area contributed by atoms with Crippen LogP contribution in [0.2, 0.25) is 0 Å². The summed E-state index contributed by atoms with van der Waals surface area (Å²) in [4.78, 5) is 15.6. The van der Waals surface area contributed by atoms with Crippen LogP contribution in [0.15, 0.2) is 0 Å². The van der Waals surface area contributed by atoms with Gasteiger partial charge in [0.25, 0.3) is 0 Å². The van der Waals surface area contributed by atoms with Crippen molar-refractivity contribution in [3.63, 3.8) is 0 Å². The van der Waals surface area contributed by atoms with Crippen LogP contribution in [0.4, 0.5) is 0 Å². The summed E-state index contributed by atoms with van der Waals surface area (Å²) in [6.45, 7) is 6.15. The molecule has 0 N–H and O–H groups in total. The highest BCUT2D eigenvalue weighted by Gasteiger charge is 2.35. The van der Waals surface area contributed by atoms with Crippen molar-refractivity contribution >= 4 is 13.8 Å². The summed E-state index contributed by atoms with van der Waals surface area (Å²) in [5, 5.41) is 0. The van der Waals surface area contributed by atoms with E-state index in [1.807, 2.05) is 4.81 Å². The van der Waals surface area contributed by atoms with Crippen molar-refractivity contribution in [1.82, 2.24) is 9.71 Å². The van der Waals surface area contributed by atoms with E-state index in [-0.39, 0.29) is 5.54 Å². The zero-order valence-electron chi connectivity index (χ0n) is 9.54. The summed E-state index contributed by atoms with van der Waals surface area (Å²) in [5.74, 6) is 0.422. The van der Waals surface area contributed by atoms with Gasteiger partial charge in [0.2, 0.25) is 0 Å². The number of piperidine rings is 2. The van der Waals surface area contributed by atoms with Crippen LogP contribution < -0.4 is 0 Å². The number of Topliss-reactive ketones (excluding diaryl/α,β-unsaturated/α-hetero) is 1. The minimum atomic E-state index is 0.274. The van der Waals surface area contributed by atoms with Gasteiger partial charge < -0.3 is 4.81 Å². The summed E-state index contributed by atoms with van der Waals surface area (Å²) in [5.41, 5.74) is 0.274. The fourth-order valence-electron chi connectivity index (χ4n) is 2.62. The van der Waals surface area contributed by atoms with E-state index in [2.05, 4.69) is 11.8 Å². The molecule has 0 spiro atoms. The fraction of sp³-hybridized carbons (Fsp3) is 0.909. The topological polar surface area (TPSA) is 23.6 Å². The van der Waals surface area contributed by atoms with Gasteiger partial charge in [0.1, 0.15) is 5.78 Å². The lowest BCUT2D eigenvalue weighted by Gasteiger charge is -2.47. The van der Waals surface area contributed by atoms with E-state index in [9.17, 15) is 4.79 Å². The summed E-state index contributed by atoms with van der Waals surface area (Å²) < 4.78 is 0. The second kappa shape index (κ2) is 4.26. The van der Waals surface area contributed by atoms with Gasteiger partial charge in [0, 0.05) is 31.5 Å². The van der Waals surface area contributed by atoms with Crippen LogP contribution in [0.5, 0.6) is 0 Å². The summed E-state index contributed by atoms with van der Waals surface area (Å²) >= 11 is 0. The van der Waals surface area contributed by atoms with E-state index in [0.29, 0.717) is 5.78 Å². The van der Waals surface area contributed by atoms with E-state index in [1.165, 1.54) is 0 Å². The van der Waals surface area contributed by atoms with Gasteiger partial charge in [-0.25, -0.2) is 0 Å². The molecule has 0 saturated carbocycles. The molecule has 82 valence electrons. The highest BCUT2D eigenvalue weighted by atomic mass is 16.1. The third-order valence-electron chi connectivity index (χ3n) is 3.96. The number of rotatable bonds is 1. The normalized spacial score (nSPS) is 29.3. The Morgan fingerprint density at radius 1 is 1.13 bits per heavy atom. The van der Waals surface area contributed by atoms with Crippen molar-refractivity contribution in [3.05, 3.63) is 0 Å². The van der Waals surface area contributed by atoms with Crippen LogP contribution in [0, 0.1) is 0 Å². The molecule has 4 heteroatoms. The summed E-state index contributed by atoms with van der Waals surface area (Å²) in [6, 6.07) is 0. The molecule has 15 heavy (non-hydrogen) atoms. The second-order valence-electron chi connectivity index (χ2n) is 5.06. The summed E-state index contributed by atoms with van der Waals surface area (Å²) in [7, 11) is 5.77. The molecule has 0 aromatic carbocycles. The Balaban J connectivity index is 1.94. The zero-order valence-corrected chi connectivity index (χ0v) is 9.54. The average molecular weight is 206 g/mol. The zero-order chi connectivity index (χ0) is 10.9. The van der Waals surface area contributed by atoms with Gasteiger partial charge in [-0.1, -0.05) is 0 Å². The average Bonchev–Trinajstić information content (AvgIpc) is 2.24. The molecule has 2 aliphatic heterocycles. The van der Waals surface area contributed by atoms with Crippen molar-refractivity contribution in [2.24, 2.45) is 0 Å². The minimum Gasteiger partial charge on any atom is -0.353 e. The van der Waals surface area contributed by atoms with Crippen LogP contribution in [0.3, 0.4) is 0 Å². The van der Waals surface area contributed by atoms with Gasteiger partial charge in [-0.15, -0.1) is 0 Å². The second-order valence-corrected chi connectivity index (χ2v) is 5.06. The van der Waals surface area contributed by atoms with Gasteiger partial charge in [0.15, 0.2) is 7.98 Å². The lowest BCUT2D eigenvalue weighted by atomic mass is 9.85. The Labute approximate surface area is 93.2 Å². The number of hydrogen-bond donors (Lipinski definition) is 0. The smallest absolute Gasteiger partial charge is 0.182 e. The Hall–Kier alpha value is -0.345. The maximum Gasteiger partial charge on any atom is 0.182 e. The van der Waals surface area contributed by atoms with Crippen LogP contribution in [-0.2, 0) is 4.79 Å². The molecule has 2 radical (unpaired) electrons. The Kier molecular flexibility index (Phi) is 3.17. The first-order chi connectivity index (χ1) is 7.10. The monoisotopic (exact) mass is 206 g/mol. The van der Waals surface area contributed by atoms with Gasteiger partial charge >= 0.3 is 0 Å². The van der Waals surface area contributed by atoms with Crippen LogP contribution in [0.25, 0.3) is 0 Å². The molecule has 2 rings (SSSR count). The van der Waals surface area contributed by atoms with Crippen molar-refractivity contribution in [2.75, 3.05) is 26.2 Å². The SMILES string of the molecule is [B]N1CCC(C)(N2CCC(=O)CC2)CC1. The number of ketones is 1. The molecule has 0 aromatic heterocycles. The molecule has 2 saturated heterocycles. The quantitative estimate of drug-likeness (QED) is 0.586. The number of likely N-dealkylation sites (tertiary alicyclic amines) is 1. The molecule has 0 aromatic rings. The third-order valence-corrected chi connectivity index (χ3v) is 3.96. The van der Waals surface area contributed by atoms with Gasteiger partial charge in [-0.2, -0.15) is 0 Å². The molecular weight excluding hydrogens is 187 g/mol. The van der Waals surface area contributed by atoms with Crippen molar-refractivity contribution in [1.29, 1.82) is 0 Å². The lowest BCUT2D eigenvalue weighted by molar-refractivity contribution is -0.123. The Morgan fingerprint density at radius 3 is 2.20 bits per heavy atom. The molecule has 3 nitrogen and oxygen atoms in total. The van der Waals surface area contributed by atoms with Crippen LogP contribution in [-0.4, -0.2) is 55.2 Å². The number of nitrogens with zero attached hydrogens (tertiary/aromatic N) is 2. The molecule has 2 fully saturated rings. The minimum absolute atomic E-state index is 0.274. The summed E-state index contributed by atoms with van der Waals surface area (Å²) in [6.07, 6.45) is 3.72. The maximum atomic E-state index is 11.2. The molecule has 0 unspecified atom stereocenters. The van der Waals surface area contributed by atoms with E-state index < -0.39 is 0 Å². The number of hydrogen-bond acceptors (Lipinski definition) is 3. The van der Waals surface area contributed by atoms with Gasteiger partial charge in [-0.3, -0.25) is 9.69 Å². The highest BCUT2D eigenvalue weighted by molar-refractivity contribution is 6.04. The largest absolute Gasteiger partial charge is 0.353 e. The number of carbonyl (C=O) groups is 1. The lowest BCUT2D eigenvalue weighted by Crippen LogP contribution is -2.55. The molecule has 0 atom stereocenters. The first kappa shape index (κ1) is 11.1. The number of carbonyl (C=O) groups excluding carboxylic acids is 1. The van der Waals surface area contributed by atoms with E-state index in [0.717, 1.165) is 51.9 Å². The molecule has 2 heterocycles. The fourth-order valence-corrected chi connectivity index (χ4v) is 2.62.